The topological polar surface area (TPSA) is 86.2 Å². The van der Waals surface area contributed by atoms with Gasteiger partial charge in [-0.3, -0.25) is 9.69 Å². The molecule has 0 aliphatic carbocycles. The van der Waals surface area contributed by atoms with Crippen LogP contribution in [0.1, 0.15) is 23.4 Å². The molecule has 6 rings (SSSR count). The Morgan fingerprint density at radius 3 is 2.59 bits per heavy atom. The molecule has 0 bridgehead atoms. The fraction of sp³-hybridized carbons (Fsp3) is 0.375. The number of fused-ring (bicyclic) bond motifs is 2. The Kier molecular flexibility index (Phi) is 5.39. The molecule has 0 saturated carbocycles. The fourth-order valence-corrected chi connectivity index (χ4v) is 7.32. The highest BCUT2D eigenvalue weighted by Gasteiger charge is 2.41. The summed E-state index contributed by atoms with van der Waals surface area (Å²) >= 11 is 1.72. The summed E-state index contributed by atoms with van der Waals surface area (Å²) in [7, 11) is -3.70. The van der Waals surface area contributed by atoms with Crippen LogP contribution in [0.25, 0.3) is 10.2 Å². The van der Waals surface area contributed by atoms with E-state index in [1.54, 1.807) is 29.5 Å². The number of piperazine rings is 1. The van der Waals surface area contributed by atoms with Crippen LogP contribution in [-0.2, 0) is 21.4 Å². The Morgan fingerprint density at radius 2 is 1.76 bits per heavy atom. The van der Waals surface area contributed by atoms with Crippen LogP contribution < -0.4 is 0 Å². The number of amides is 1. The van der Waals surface area contributed by atoms with E-state index in [2.05, 4.69) is 15.4 Å². The molecule has 0 unspecified atom stereocenters. The van der Waals surface area contributed by atoms with Gasteiger partial charge in [0.05, 0.1) is 16.8 Å². The zero-order chi connectivity index (χ0) is 23.3. The molecule has 2 saturated heterocycles. The molecule has 3 aromatic rings. The maximum atomic E-state index is 13.5. The molecule has 0 radical (unpaired) electrons. The average Bonchev–Trinajstić information content (AvgIpc) is 3.55. The van der Waals surface area contributed by atoms with Gasteiger partial charge in [0.15, 0.2) is 5.84 Å². The number of aromatic nitrogens is 1. The molecular weight excluding hydrogens is 470 g/mol. The highest BCUT2D eigenvalue weighted by Crippen LogP contribution is 2.32. The molecule has 1 amide bonds. The molecule has 3 aliphatic rings. The maximum Gasteiger partial charge on any atom is 0.285 e. The van der Waals surface area contributed by atoms with E-state index in [0.717, 1.165) is 36.6 Å². The van der Waals surface area contributed by atoms with E-state index in [0.29, 0.717) is 37.5 Å². The van der Waals surface area contributed by atoms with Crippen LogP contribution >= 0.6 is 11.3 Å². The van der Waals surface area contributed by atoms with Gasteiger partial charge in [-0.25, -0.2) is 4.98 Å². The molecule has 34 heavy (non-hydrogen) atoms. The number of sulfonamides is 1. The average molecular weight is 496 g/mol. The molecule has 2 fully saturated rings. The van der Waals surface area contributed by atoms with E-state index in [1.165, 1.54) is 4.70 Å². The van der Waals surface area contributed by atoms with E-state index in [-0.39, 0.29) is 16.8 Å². The predicted molar refractivity (Wildman–Crippen MR) is 131 cm³/mol. The summed E-state index contributed by atoms with van der Waals surface area (Å²) in [4.78, 5) is 24.6. The third kappa shape index (κ3) is 3.79. The SMILES string of the molecule is O=C([C@@H]1CCCN1C1=NS(=O)(=O)c2ccccc21)N1CCN(Cc2nc3ccccc3s2)CC1. The summed E-state index contributed by atoms with van der Waals surface area (Å²) in [6, 6.07) is 14.7. The second kappa shape index (κ2) is 8.44. The van der Waals surface area contributed by atoms with Crippen molar-refractivity contribution in [3.63, 3.8) is 0 Å². The highest BCUT2D eigenvalue weighted by atomic mass is 32.2. The first kappa shape index (κ1) is 21.7. The van der Waals surface area contributed by atoms with Crippen LogP contribution in [-0.4, -0.2) is 78.6 Å². The van der Waals surface area contributed by atoms with E-state index in [4.69, 9.17) is 4.98 Å². The summed E-state index contributed by atoms with van der Waals surface area (Å²) < 4.78 is 30.3. The summed E-state index contributed by atoms with van der Waals surface area (Å²) in [6.45, 7) is 4.35. The monoisotopic (exact) mass is 495 g/mol. The molecular formula is C24H25N5O3S2. The molecule has 0 N–H and O–H groups in total. The van der Waals surface area contributed by atoms with Crippen molar-refractivity contribution in [1.29, 1.82) is 0 Å². The van der Waals surface area contributed by atoms with Crippen LogP contribution in [0.3, 0.4) is 0 Å². The molecule has 10 heteroatoms. The van der Waals surface area contributed by atoms with Crippen LogP contribution in [0.5, 0.6) is 0 Å². The molecule has 1 aromatic heterocycles. The van der Waals surface area contributed by atoms with Crippen molar-refractivity contribution in [1.82, 2.24) is 19.7 Å². The largest absolute Gasteiger partial charge is 0.343 e. The van der Waals surface area contributed by atoms with Gasteiger partial charge in [-0.1, -0.05) is 24.3 Å². The number of carbonyl (C=O) groups excluding carboxylic acids is 1. The fourth-order valence-electron chi connectivity index (χ4n) is 5.09. The summed E-state index contributed by atoms with van der Waals surface area (Å²) in [6.07, 6.45) is 1.56. The third-order valence-corrected chi connectivity index (χ3v) is 9.15. The predicted octanol–water partition coefficient (Wildman–Crippen LogP) is 2.55. The lowest BCUT2D eigenvalue weighted by Crippen LogP contribution is -2.54. The lowest BCUT2D eigenvalue weighted by Gasteiger charge is -2.37. The van der Waals surface area contributed by atoms with Gasteiger partial charge in [-0.2, -0.15) is 8.42 Å². The Labute approximate surface area is 202 Å². The first-order valence-electron chi connectivity index (χ1n) is 11.6. The summed E-state index contributed by atoms with van der Waals surface area (Å²) in [5.74, 6) is 0.488. The summed E-state index contributed by atoms with van der Waals surface area (Å²) in [5, 5.41) is 1.10. The minimum Gasteiger partial charge on any atom is -0.343 e. The Hall–Kier alpha value is -2.82. The molecule has 1 atom stereocenters. The number of carbonyl (C=O) groups is 1. The number of nitrogens with zero attached hydrogens (tertiary/aromatic N) is 5. The number of para-hydroxylation sites is 1. The van der Waals surface area contributed by atoms with E-state index < -0.39 is 10.0 Å². The molecule has 176 valence electrons. The van der Waals surface area contributed by atoms with Crippen molar-refractivity contribution in [3.8, 4) is 0 Å². The molecule has 4 heterocycles. The van der Waals surface area contributed by atoms with E-state index >= 15 is 0 Å². The number of thiazole rings is 1. The van der Waals surface area contributed by atoms with Crippen molar-refractivity contribution in [2.24, 2.45) is 4.40 Å². The van der Waals surface area contributed by atoms with Crippen molar-refractivity contribution in [3.05, 3.63) is 59.1 Å². The van der Waals surface area contributed by atoms with Gasteiger partial charge in [0, 0.05) is 38.3 Å². The molecule has 2 aromatic carbocycles. The van der Waals surface area contributed by atoms with Crippen molar-refractivity contribution in [2.45, 2.75) is 30.3 Å². The zero-order valence-electron chi connectivity index (χ0n) is 18.6. The van der Waals surface area contributed by atoms with E-state index in [9.17, 15) is 13.2 Å². The van der Waals surface area contributed by atoms with Gasteiger partial charge in [0.25, 0.3) is 10.0 Å². The first-order chi connectivity index (χ1) is 16.5. The number of hydrogen-bond acceptors (Lipinski definition) is 7. The van der Waals surface area contributed by atoms with E-state index in [1.807, 2.05) is 34.1 Å². The smallest absolute Gasteiger partial charge is 0.285 e. The standard InChI is InChI=1S/C24H25N5O3S2/c30-24(19-8-5-11-29(19)23-17-6-1-4-10-21(17)34(31,32)26-23)28-14-12-27(13-15-28)16-22-25-18-7-2-3-9-20(18)33-22/h1-4,6-7,9-10,19H,5,8,11-16H2/t19-/m0/s1. The second-order valence-electron chi connectivity index (χ2n) is 8.91. The minimum absolute atomic E-state index is 0.0709. The number of benzene rings is 2. The minimum atomic E-state index is -3.70. The van der Waals surface area contributed by atoms with Crippen LogP contribution in [0.2, 0.25) is 0 Å². The lowest BCUT2D eigenvalue weighted by atomic mass is 10.1. The van der Waals surface area contributed by atoms with Gasteiger partial charge in [-0.15, -0.1) is 15.7 Å². The van der Waals surface area contributed by atoms with Gasteiger partial charge < -0.3 is 9.80 Å². The van der Waals surface area contributed by atoms with Crippen molar-refractivity contribution in [2.75, 3.05) is 32.7 Å². The van der Waals surface area contributed by atoms with Crippen LogP contribution in [0.15, 0.2) is 57.8 Å². The van der Waals surface area contributed by atoms with Crippen molar-refractivity contribution >= 4 is 43.3 Å². The van der Waals surface area contributed by atoms with Gasteiger partial charge in [0.2, 0.25) is 5.91 Å². The van der Waals surface area contributed by atoms with Crippen molar-refractivity contribution < 1.29 is 13.2 Å². The van der Waals surface area contributed by atoms with Crippen LogP contribution in [0, 0.1) is 0 Å². The van der Waals surface area contributed by atoms with Gasteiger partial charge in [-0.05, 0) is 37.1 Å². The number of rotatable bonds is 3. The third-order valence-electron chi connectivity index (χ3n) is 6.80. The van der Waals surface area contributed by atoms with Gasteiger partial charge >= 0.3 is 0 Å². The normalized spacial score (nSPS) is 22.2. The number of amidine groups is 1. The Morgan fingerprint density at radius 1 is 1.00 bits per heavy atom. The summed E-state index contributed by atoms with van der Waals surface area (Å²) in [5.41, 5.74) is 1.64. The molecule has 0 spiro atoms. The highest BCUT2D eigenvalue weighted by molar-refractivity contribution is 7.90. The molecule has 8 nitrogen and oxygen atoms in total. The Bertz CT molecular complexity index is 1360. The van der Waals surface area contributed by atoms with Crippen LogP contribution in [0.4, 0.5) is 0 Å². The maximum absolute atomic E-state index is 13.5. The Balaban J connectivity index is 1.13. The molecule has 3 aliphatic heterocycles. The number of hydrogen-bond donors (Lipinski definition) is 0. The quantitative estimate of drug-likeness (QED) is 0.555. The number of likely N-dealkylation sites (tertiary alicyclic amines) is 1. The zero-order valence-corrected chi connectivity index (χ0v) is 20.3. The van der Waals surface area contributed by atoms with Gasteiger partial charge in [0.1, 0.15) is 15.9 Å². The lowest BCUT2D eigenvalue weighted by molar-refractivity contribution is -0.136. The first-order valence-corrected chi connectivity index (χ1v) is 13.8. The second-order valence-corrected chi connectivity index (χ2v) is 11.6.